The van der Waals surface area contributed by atoms with E-state index in [1.807, 2.05) is 0 Å². The van der Waals surface area contributed by atoms with Crippen LogP contribution < -0.4 is 15.2 Å². The first-order valence-electron chi connectivity index (χ1n) is 5.93. The molecular formula is C13H18ClNO4. The normalized spacial score (nSPS) is 11.8. The Morgan fingerprint density at radius 3 is 2.68 bits per heavy atom. The monoisotopic (exact) mass is 287 g/mol. The minimum atomic E-state index is -0.750. The molecule has 0 bridgehead atoms. The molecule has 19 heavy (non-hydrogen) atoms. The molecule has 0 aliphatic carbocycles. The van der Waals surface area contributed by atoms with Crippen LogP contribution >= 0.6 is 11.6 Å². The fourth-order valence-corrected chi connectivity index (χ4v) is 1.78. The lowest BCUT2D eigenvalue weighted by Crippen LogP contribution is -2.26. The van der Waals surface area contributed by atoms with Crippen molar-refractivity contribution in [2.75, 3.05) is 13.7 Å². The standard InChI is InChI=1S/C13H18ClNO4/c1-4-18-13(16)8(2)19-12-9(7-15)5-10(14)6-11(12)17-3/h5-6,8H,4,7,15H2,1-3H3. The van der Waals surface area contributed by atoms with E-state index < -0.39 is 12.1 Å². The number of ether oxygens (including phenoxy) is 3. The molecule has 0 spiro atoms. The lowest BCUT2D eigenvalue weighted by molar-refractivity contribution is -0.150. The van der Waals surface area contributed by atoms with Gasteiger partial charge in [-0.25, -0.2) is 4.79 Å². The van der Waals surface area contributed by atoms with E-state index in [-0.39, 0.29) is 6.54 Å². The van der Waals surface area contributed by atoms with E-state index >= 15 is 0 Å². The SMILES string of the molecule is CCOC(=O)C(C)Oc1c(CN)cc(Cl)cc1OC. The van der Waals surface area contributed by atoms with Gasteiger partial charge in [-0.1, -0.05) is 11.6 Å². The minimum Gasteiger partial charge on any atom is -0.493 e. The van der Waals surface area contributed by atoms with Crippen molar-refractivity contribution in [3.63, 3.8) is 0 Å². The highest BCUT2D eigenvalue weighted by atomic mass is 35.5. The van der Waals surface area contributed by atoms with Crippen molar-refractivity contribution < 1.29 is 19.0 Å². The van der Waals surface area contributed by atoms with Crippen molar-refractivity contribution in [3.05, 3.63) is 22.7 Å². The number of hydrogen-bond acceptors (Lipinski definition) is 5. The summed E-state index contributed by atoms with van der Waals surface area (Å²) in [5.74, 6) is 0.404. The van der Waals surface area contributed by atoms with Crippen LogP contribution in [0.1, 0.15) is 19.4 Å². The lowest BCUT2D eigenvalue weighted by atomic mass is 10.2. The second kappa shape index (κ2) is 7.21. The zero-order valence-electron chi connectivity index (χ0n) is 11.2. The van der Waals surface area contributed by atoms with Crippen LogP contribution in [0.15, 0.2) is 12.1 Å². The van der Waals surface area contributed by atoms with Gasteiger partial charge in [0.15, 0.2) is 17.6 Å². The second-order valence-corrected chi connectivity index (χ2v) is 4.25. The highest BCUT2D eigenvalue weighted by molar-refractivity contribution is 6.30. The fraction of sp³-hybridized carbons (Fsp3) is 0.462. The number of halogens is 1. The molecule has 0 aromatic heterocycles. The molecule has 2 N–H and O–H groups in total. The maximum absolute atomic E-state index is 11.6. The van der Waals surface area contributed by atoms with Crippen LogP contribution in [0, 0.1) is 0 Å². The Bertz CT molecular complexity index is 425. The number of carbonyl (C=O) groups excluding carboxylic acids is 1. The van der Waals surface area contributed by atoms with Crippen LogP contribution in [-0.4, -0.2) is 25.8 Å². The van der Waals surface area contributed by atoms with E-state index in [0.717, 1.165) is 0 Å². The van der Waals surface area contributed by atoms with E-state index in [9.17, 15) is 4.79 Å². The number of benzene rings is 1. The van der Waals surface area contributed by atoms with Crippen LogP contribution in [0.3, 0.4) is 0 Å². The quantitative estimate of drug-likeness (QED) is 0.812. The van der Waals surface area contributed by atoms with Crippen molar-refractivity contribution in [2.24, 2.45) is 5.73 Å². The van der Waals surface area contributed by atoms with Gasteiger partial charge in [-0.05, 0) is 19.9 Å². The molecule has 1 aromatic carbocycles. The summed E-state index contributed by atoms with van der Waals surface area (Å²) in [5.41, 5.74) is 6.31. The highest BCUT2D eigenvalue weighted by Gasteiger charge is 2.20. The molecule has 1 rings (SSSR count). The van der Waals surface area contributed by atoms with Crippen LogP contribution in [-0.2, 0) is 16.1 Å². The summed E-state index contributed by atoms with van der Waals surface area (Å²) < 4.78 is 15.7. The molecule has 0 radical (unpaired) electrons. The zero-order valence-corrected chi connectivity index (χ0v) is 12.0. The summed E-state index contributed by atoms with van der Waals surface area (Å²) in [7, 11) is 1.49. The lowest BCUT2D eigenvalue weighted by Gasteiger charge is -2.18. The van der Waals surface area contributed by atoms with Gasteiger partial charge in [0.25, 0.3) is 0 Å². The van der Waals surface area contributed by atoms with Crippen LogP contribution in [0.5, 0.6) is 11.5 Å². The predicted molar refractivity (Wildman–Crippen MR) is 72.6 cm³/mol. The van der Waals surface area contributed by atoms with Gasteiger partial charge in [0.2, 0.25) is 0 Å². The first-order chi connectivity index (χ1) is 9.03. The maximum atomic E-state index is 11.6. The fourth-order valence-electron chi connectivity index (χ4n) is 1.54. The summed E-state index contributed by atoms with van der Waals surface area (Å²) in [6, 6.07) is 3.28. The Labute approximate surface area is 117 Å². The molecule has 1 unspecified atom stereocenters. The molecule has 0 aliphatic heterocycles. The molecule has 0 aliphatic rings. The maximum Gasteiger partial charge on any atom is 0.347 e. The zero-order chi connectivity index (χ0) is 14.4. The van der Waals surface area contributed by atoms with Gasteiger partial charge in [0.05, 0.1) is 13.7 Å². The third-order valence-corrected chi connectivity index (χ3v) is 2.67. The van der Waals surface area contributed by atoms with Gasteiger partial charge >= 0.3 is 5.97 Å². The number of nitrogens with two attached hydrogens (primary N) is 1. The average Bonchev–Trinajstić information content (AvgIpc) is 2.40. The first kappa shape index (κ1) is 15.6. The van der Waals surface area contributed by atoms with E-state index in [1.54, 1.807) is 26.0 Å². The molecule has 1 atom stereocenters. The van der Waals surface area contributed by atoms with Crippen molar-refractivity contribution in [2.45, 2.75) is 26.5 Å². The Kier molecular flexibility index (Phi) is 5.92. The van der Waals surface area contributed by atoms with Gasteiger partial charge in [0, 0.05) is 23.2 Å². The largest absolute Gasteiger partial charge is 0.493 e. The molecule has 106 valence electrons. The van der Waals surface area contributed by atoms with Gasteiger partial charge in [0.1, 0.15) is 0 Å². The first-order valence-corrected chi connectivity index (χ1v) is 6.31. The number of carbonyl (C=O) groups is 1. The van der Waals surface area contributed by atoms with Crippen molar-refractivity contribution in [1.82, 2.24) is 0 Å². The molecule has 6 heteroatoms. The van der Waals surface area contributed by atoms with E-state index in [1.165, 1.54) is 7.11 Å². The summed E-state index contributed by atoms with van der Waals surface area (Å²) in [5, 5.41) is 0.494. The molecule has 0 saturated heterocycles. The summed E-state index contributed by atoms with van der Waals surface area (Å²) in [4.78, 5) is 11.6. The molecular weight excluding hydrogens is 270 g/mol. The van der Waals surface area contributed by atoms with Crippen LogP contribution in [0.4, 0.5) is 0 Å². The van der Waals surface area contributed by atoms with E-state index in [2.05, 4.69) is 0 Å². The third kappa shape index (κ3) is 4.01. The highest BCUT2D eigenvalue weighted by Crippen LogP contribution is 2.35. The van der Waals surface area contributed by atoms with Crippen molar-refractivity contribution in [1.29, 1.82) is 0 Å². The molecule has 5 nitrogen and oxygen atoms in total. The summed E-state index contributed by atoms with van der Waals surface area (Å²) >= 11 is 5.95. The minimum absolute atomic E-state index is 0.224. The third-order valence-electron chi connectivity index (χ3n) is 2.45. The molecule has 0 saturated carbocycles. The number of rotatable bonds is 6. The predicted octanol–water partition coefficient (Wildman–Crippen LogP) is 2.14. The van der Waals surface area contributed by atoms with E-state index in [4.69, 9.17) is 31.5 Å². The van der Waals surface area contributed by atoms with Gasteiger partial charge < -0.3 is 19.9 Å². The second-order valence-electron chi connectivity index (χ2n) is 3.81. The van der Waals surface area contributed by atoms with Crippen molar-refractivity contribution >= 4 is 17.6 Å². The summed E-state index contributed by atoms with van der Waals surface area (Å²) in [6.07, 6.45) is -0.750. The summed E-state index contributed by atoms with van der Waals surface area (Å²) in [6.45, 7) is 3.86. The number of esters is 1. The van der Waals surface area contributed by atoms with E-state index in [0.29, 0.717) is 28.7 Å². The Morgan fingerprint density at radius 2 is 2.16 bits per heavy atom. The Morgan fingerprint density at radius 1 is 1.47 bits per heavy atom. The van der Waals surface area contributed by atoms with Gasteiger partial charge in [-0.2, -0.15) is 0 Å². The average molecular weight is 288 g/mol. The Hall–Kier alpha value is -1.46. The van der Waals surface area contributed by atoms with Crippen LogP contribution in [0.25, 0.3) is 0 Å². The smallest absolute Gasteiger partial charge is 0.347 e. The van der Waals surface area contributed by atoms with Crippen LogP contribution in [0.2, 0.25) is 5.02 Å². The topological polar surface area (TPSA) is 70.8 Å². The molecule has 0 amide bonds. The Balaban J connectivity index is 3.01. The molecule has 0 heterocycles. The molecule has 0 fully saturated rings. The van der Waals surface area contributed by atoms with Gasteiger partial charge in [-0.15, -0.1) is 0 Å². The number of hydrogen-bond donors (Lipinski definition) is 1. The number of methoxy groups -OCH3 is 1. The van der Waals surface area contributed by atoms with Crippen molar-refractivity contribution in [3.8, 4) is 11.5 Å². The molecule has 1 aromatic rings. The van der Waals surface area contributed by atoms with Gasteiger partial charge in [-0.3, -0.25) is 0 Å².